The van der Waals surface area contributed by atoms with Crippen LogP contribution < -0.4 is 80.6 Å². The number of unbranched alkanes of at least 4 members (excludes halogenated alkanes) is 1. The molecule has 1 fully saturated rings. The van der Waals surface area contributed by atoms with E-state index < -0.39 is 253 Å². The van der Waals surface area contributed by atoms with Gasteiger partial charge in [0.05, 0.1) is 25.2 Å². The Bertz CT molecular complexity index is 4540. The predicted octanol–water partition coefficient (Wildman–Crippen LogP) is -0.286. The van der Waals surface area contributed by atoms with Gasteiger partial charge >= 0.3 is 23.9 Å². The average Bonchev–Trinajstić information content (AvgIpc) is 1.75. The first-order chi connectivity index (χ1) is 59.3. The lowest BCUT2D eigenvalue weighted by Gasteiger charge is -2.31. The maximum atomic E-state index is 15.4. The maximum Gasteiger partial charge on any atom is 0.326 e. The molecule has 16 atom stereocenters. The topological polar surface area (TPSA) is 644 Å². The number of para-hydroxylation sites is 1. The first-order valence-electron chi connectivity index (χ1n) is 41.2. The Kier molecular flexibility index (Phi) is 41.1. The molecule has 682 valence electrons. The number of hydrogen-bond donors (Lipinski definition) is 22. The van der Waals surface area contributed by atoms with Crippen LogP contribution >= 0.6 is 21.6 Å². The highest BCUT2D eigenvalue weighted by atomic mass is 33.1. The number of nitrogens with two attached hydrogens (primary N) is 2. The van der Waals surface area contributed by atoms with Crippen LogP contribution in [0.15, 0.2) is 97.6 Å². The number of carbonyl (C=O) groups excluding carboxylic acids is 13. The van der Waals surface area contributed by atoms with Crippen molar-refractivity contribution in [3.8, 4) is 5.75 Å². The molecule has 1 saturated heterocycles. The Labute approximate surface area is 729 Å². The van der Waals surface area contributed by atoms with E-state index >= 15 is 19.2 Å². The van der Waals surface area contributed by atoms with E-state index in [1.54, 1.807) is 116 Å². The summed E-state index contributed by atoms with van der Waals surface area (Å²) in [5.74, 6) is -23.0. The molecule has 24 N–H and O–H groups in total. The van der Waals surface area contributed by atoms with Crippen LogP contribution in [0, 0.1) is 23.7 Å². The van der Waals surface area contributed by atoms with Crippen molar-refractivity contribution in [2.45, 2.75) is 230 Å². The van der Waals surface area contributed by atoms with Crippen LogP contribution in [-0.4, -0.2) is 244 Å². The molecule has 0 spiro atoms. The number of phenolic OH excluding ortho intramolecular Hbond substituents is 1. The number of aromatic nitrogens is 3. The monoisotopic (exact) mass is 1780 g/mol. The highest BCUT2D eigenvalue weighted by Crippen LogP contribution is 2.26. The van der Waals surface area contributed by atoms with Crippen molar-refractivity contribution in [1.82, 2.24) is 84.1 Å². The molecule has 0 radical (unpaired) electrons. The molecule has 13 amide bonds. The number of amides is 13. The fourth-order valence-corrected chi connectivity index (χ4v) is 15.7. The lowest BCUT2D eigenvalue weighted by Crippen LogP contribution is -2.62. The minimum atomic E-state index is -1.96. The van der Waals surface area contributed by atoms with Crippen LogP contribution in [0.25, 0.3) is 10.9 Å². The molecule has 0 saturated carbocycles. The lowest BCUT2D eigenvalue weighted by molar-refractivity contribution is -0.143. The second-order valence-electron chi connectivity index (χ2n) is 31.5. The number of aliphatic carboxylic acids is 4. The number of H-pyrrole nitrogens is 2. The third-order valence-electron chi connectivity index (χ3n) is 20.8. The van der Waals surface area contributed by atoms with Crippen molar-refractivity contribution >= 4 is 133 Å². The average molecular weight is 1780 g/mol. The Hall–Kier alpha value is -12.2. The van der Waals surface area contributed by atoms with Crippen molar-refractivity contribution in [3.63, 3.8) is 0 Å². The summed E-state index contributed by atoms with van der Waals surface area (Å²) < 4.78 is 0. The van der Waals surface area contributed by atoms with Crippen molar-refractivity contribution in [1.29, 1.82) is 0 Å². The molecule has 5 aromatic rings. The van der Waals surface area contributed by atoms with Gasteiger partial charge in [0.1, 0.15) is 84.3 Å². The molecule has 0 bridgehead atoms. The summed E-state index contributed by atoms with van der Waals surface area (Å²) in [4.78, 5) is 250. The van der Waals surface area contributed by atoms with E-state index in [0.717, 1.165) is 32.5 Å². The Morgan fingerprint density at radius 1 is 0.520 bits per heavy atom. The van der Waals surface area contributed by atoms with Gasteiger partial charge < -0.3 is 116 Å². The van der Waals surface area contributed by atoms with E-state index in [0.29, 0.717) is 29.5 Å². The Morgan fingerprint density at radius 2 is 1.06 bits per heavy atom. The summed E-state index contributed by atoms with van der Waals surface area (Å²) >= 11 is 0. The molecule has 3 aromatic carbocycles. The van der Waals surface area contributed by atoms with Gasteiger partial charge in [0.15, 0.2) is 0 Å². The molecule has 42 heteroatoms. The van der Waals surface area contributed by atoms with Gasteiger partial charge in [0, 0.05) is 72.6 Å². The van der Waals surface area contributed by atoms with Gasteiger partial charge in [-0.3, -0.25) is 76.7 Å². The van der Waals surface area contributed by atoms with Crippen LogP contribution in [0.3, 0.4) is 0 Å². The SMILES string of the molecule is CCC(C)C(NC(=O)C(CC(=O)O)NC(=O)C(CC(C)C)NC(=O)C(Cc1cnc[nH]1)NC(=O)C1CSSCC(NC(=O)C(CCC(=O)O)NC(=O)C(CCCCN)NC(=O)C(N)CC(=O)O)C(=O)NC(C(C)C)C(=O)NC(Cc2ccc(O)cc2)C(=O)NC(Cc2ccccc2)C(=O)N1)C(=O)NC(C(=O)NC(Cc1c[nH]c2ccccc12)C(=O)O)C(C)CC. The van der Waals surface area contributed by atoms with E-state index in [4.69, 9.17) is 11.5 Å². The molecule has 1 aliphatic heterocycles. The van der Waals surface area contributed by atoms with Gasteiger partial charge in [-0.15, -0.1) is 0 Å². The number of phenols is 1. The second kappa shape index (κ2) is 50.6. The molecular weight excluding hydrogens is 1670 g/mol. The van der Waals surface area contributed by atoms with E-state index in [1.807, 2.05) is 0 Å². The molecular formula is C83H116N18O22S2. The highest BCUT2D eigenvalue weighted by molar-refractivity contribution is 8.76. The highest BCUT2D eigenvalue weighted by Gasteiger charge is 2.41. The van der Waals surface area contributed by atoms with Crippen molar-refractivity contribution in [2.75, 3.05) is 18.1 Å². The predicted molar refractivity (Wildman–Crippen MR) is 459 cm³/mol. The van der Waals surface area contributed by atoms with E-state index in [-0.39, 0.29) is 62.9 Å². The van der Waals surface area contributed by atoms with Gasteiger partial charge in [-0.1, -0.05) is 150 Å². The van der Waals surface area contributed by atoms with Gasteiger partial charge in [0.2, 0.25) is 76.8 Å². The molecule has 3 heterocycles. The van der Waals surface area contributed by atoms with Gasteiger partial charge in [-0.2, -0.15) is 0 Å². The van der Waals surface area contributed by atoms with Crippen LogP contribution in [0.1, 0.15) is 142 Å². The minimum Gasteiger partial charge on any atom is -0.508 e. The number of hydrogen-bond acceptors (Lipinski definition) is 23. The Morgan fingerprint density at radius 3 is 1.65 bits per heavy atom. The normalized spacial score (nSPS) is 18.6. The summed E-state index contributed by atoms with van der Waals surface area (Å²) in [5.41, 5.74) is 13.9. The van der Waals surface area contributed by atoms with E-state index in [1.165, 1.54) is 36.8 Å². The molecule has 0 aliphatic carbocycles. The van der Waals surface area contributed by atoms with Crippen molar-refractivity contribution in [2.24, 2.45) is 35.1 Å². The van der Waals surface area contributed by atoms with Gasteiger partial charge in [-0.05, 0) is 97.2 Å². The van der Waals surface area contributed by atoms with Crippen LogP contribution in [0.4, 0.5) is 0 Å². The standard InChI is InChI=1S/C83H116N18O22S2/c1-9-44(7)68(81(120)96-61(83(122)123)33-48-37-87-53-21-15-14-20-51(48)53)101-82(121)69(45(8)10-2)100-77(116)60(36-66(107)108)94-73(112)56(30-42(3)4)91-76(115)59(34-49-38-86-41-88-49)93-78(117)62-39-124-125-40-63(97-72(111)55(27-28-64(103)104)90-71(110)54(22-16-17-29-84)89-70(109)52(85)35-65(105)106)79(118)99-67(43(5)6)80(119)95-58(32-47-23-25-50(102)26-24-47)74(113)92-57(75(114)98-62)31-46-18-12-11-13-19-46/h11-15,18-21,23-26,37-38,41-45,52,54-63,67-69,87,102H,9-10,16-17,22,27-36,39-40,84-85H2,1-8H3,(H,86,88)(H,89,109)(H,90,110)(H,91,115)(H,92,113)(H,93,117)(H,94,112)(H,95,119)(H,96,120)(H,97,111)(H,98,114)(H,99,118)(H,100,116)(H,101,121)(H,103,104)(H,105,106)(H,107,108)(H,122,123). The third-order valence-corrected chi connectivity index (χ3v) is 23.3. The largest absolute Gasteiger partial charge is 0.508 e. The van der Waals surface area contributed by atoms with Gasteiger partial charge in [-0.25, -0.2) is 9.78 Å². The number of carboxylic acid groups (broad SMARTS) is 4. The summed E-state index contributed by atoms with van der Waals surface area (Å²) in [6.45, 7) is 13.3. The number of aromatic amines is 2. The van der Waals surface area contributed by atoms with Crippen LogP contribution in [0.5, 0.6) is 5.75 Å². The summed E-state index contributed by atoms with van der Waals surface area (Å²) in [6.07, 6.45) is 0.515. The number of imidazole rings is 1. The lowest BCUT2D eigenvalue weighted by atomic mass is 9.94. The minimum absolute atomic E-state index is 0.128. The summed E-state index contributed by atoms with van der Waals surface area (Å²) in [7, 11) is 1.62. The molecule has 125 heavy (non-hydrogen) atoms. The second-order valence-corrected chi connectivity index (χ2v) is 34.1. The van der Waals surface area contributed by atoms with Crippen molar-refractivity contribution < 1.29 is 107 Å². The number of carboxylic acids is 4. The number of rotatable bonds is 45. The first-order valence-corrected chi connectivity index (χ1v) is 43.7. The van der Waals surface area contributed by atoms with Crippen LogP contribution in [-0.2, 0) is 107 Å². The number of fused-ring (bicyclic) bond motifs is 1. The fourth-order valence-electron chi connectivity index (χ4n) is 13.3. The summed E-state index contributed by atoms with van der Waals surface area (Å²) in [6, 6.07) is -1.76. The fraction of sp³-hybridized carbons (Fsp3) is 0.518. The van der Waals surface area contributed by atoms with Crippen LogP contribution in [0.2, 0.25) is 0 Å². The molecule has 16 unspecified atom stereocenters. The smallest absolute Gasteiger partial charge is 0.326 e. The van der Waals surface area contributed by atoms with E-state index in [2.05, 4.69) is 84.1 Å². The zero-order valence-corrected chi connectivity index (χ0v) is 72.4. The third kappa shape index (κ3) is 33.1. The maximum absolute atomic E-state index is 15.4. The molecule has 1 aliphatic rings. The zero-order valence-electron chi connectivity index (χ0n) is 70.7. The molecule has 2 aromatic heterocycles. The van der Waals surface area contributed by atoms with Gasteiger partial charge in [0.25, 0.3) is 0 Å². The quantitative estimate of drug-likeness (QED) is 0.0176. The number of benzene rings is 3. The zero-order chi connectivity index (χ0) is 92.3. The van der Waals surface area contributed by atoms with E-state index in [9.17, 15) is 87.9 Å². The molecule has 40 nitrogen and oxygen atoms in total. The van der Waals surface area contributed by atoms with Crippen molar-refractivity contribution in [3.05, 3.63) is 120 Å². The number of nitrogens with one attached hydrogen (secondary N) is 15. The number of aromatic hydroxyl groups is 1. The first kappa shape index (κ1) is 102. The number of nitrogens with zero attached hydrogens (tertiary/aromatic N) is 1. The number of carbonyl (C=O) groups is 17. The molecule has 6 rings (SSSR count). The summed E-state index contributed by atoms with van der Waals surface area (Å²) in [5, 5.41) is 84.3. The Balaban J connectivity index is 1.35.